The van der Waals surface area contributed by atoms with Crippen molar-refractivity contribution in [3.8, 4) is 11.1 Å². The van der Waals surface area contributed by atoms with E-state index in [9.17, 15) is 0 Å². The van der Waals surface area contributed by atoms with Crippen LogP contribution in [0.4, 0.5) is 5.69 Å². The second-order valence-corrected chi connectivity index (χ2v) is 7.60. The van der Waals surface area contributed by atoms with E-state index in [1.807, 2.05) is 13.4 Å². The molecule has 0 spiro atoms. The van der Waals surface area contributed by atoms with Gasteiger partial charge in [-0.1, -0.05) is 0 Å². The summed E-state index contributed by atoms with van der Waals surface area (Å²) in [5.41, 5.74) is 5.73. The number of ether oxygens (including phenoxy) is 1. The highest BCUT2D eigenvalue weighted by molar-refractivity contribution is 7.10. The number of hydrogen-bond donors (Lipinski definition) is 0. The van der Waals surface area contributed by atoms with E-state index in [4.69, 9.17) is 4.74 Å². The molecule has 0 fully saturated rings. The molecule has 0 aliphatic carbocycles. The molecule has 1 heterocycles. The van der Waals surface area contributed by atoms with Gasteiger partial charge < -0.3 is 9.64 Å². The lowest BCUT2D eigenvalue weighted by Gasteiger charge is -2.20. The van der Waals surface area contributed by atoms with Crippen LogP contribution in [0.5, 0.6) is 0 Å². The Morgan fingerprint density at radius 1 is 1.21 bits per heavy atom. The van der Waals surface area contributed by atoms with Crippen LogP contribution in [-0.2, 0) is 10.3 Å². The molecule has 1 aromatic carbocycles. The van der Waals surface area contributed by atoms with E-state index < -0.39 is 0 Å². The average Bonchev–Trinajstić information content (AvgIpc) is 3.05. The molecule has 0 bridgehead atoms. The Morgan fingerprint density at radius 3 is 2.54 bits per heavy atom. The summed E-state index contributed by atoms with van der Waals surface area (Å²) in [6.45, 7) is 11.5. The minimum absolute atomic E-state index is 0.249. The van der Waals surface area contributed by atoms with Crippen molar-refractivity contribution in [3.63, 3.8) is 0 Å². The Bertz CT molecular complexity index is 731. The number of thiophene rings is 1. The van der Waals surface area contributed by atoms with E-state index in [0.717, 1.165) is 12.2 Å². The molecule has 0 atom stereocenters. The number of rotatable bonds is 6. The standard InChI is InChI=1S/C20H28N2OS/c1-8-22(6)13-21-18-10-14(2)17(9-15(18)3)16-11-19(24-12-16)20(4,5)23-7/h9-13H,8H2,1-7H3/b21-13+. The number of aliphatic imine (C=N–C) groups is 1. The zero-order chi connectivity index (χ0) is 17.9. The van der Waals surface area contributed by atoms with Gasteiger partial charge in [0.25, 0.3) is 0 Å². The quantitative estimate of drug-likeness (QED) is 0.509. The molecule has 0 saturated heterocycles. The molecular weight excluding hydrogens is 316 g/mol. The van der Waals surface area contributed by atoms with Crippen molar-refractivity contribution in [2.45, 2.75) is 40.2 Å². The maximum absolute atomic E-state index is 5.60. The molecule has 1 aromatic heterocycles. The second-order valence-electron chi connectivity index (χ2n) is 6.69. The normalized spacial score (nSPS) is 12.1. The molecular formula is C20H28N2OS. The highest BCUT2D eigenvalue weighted by atomic mass is 32.1. The first kappa shape index (κ1) is 18.7. The fourth-order valence-corrected chi connectivity index (χ4v) is 3.40. The van der Waals surface area contributed by atoms with E-state index in [1.54, 1.807) is 18.4 Å². The van der Waals surface area contributed by atoms with Crippen LogP contribution in [0.1, 0.15) is 36.8 Å². The molecule has 2 aromatic rings. The smallest absolute Gasteiger partial charge is 0.0963 e. The third-order valence-corrected chi connectivity index (χ3v) is 5.68. The molecule has 24 heavy (non-hydrogen) atoms. The minimum Gasteiger partial charge on any atom is -0.373 e. The Balaban J connectivity index is 2.36. The van der Waals surface area contributed by atoms with Crippen molar-refractivity contribution in [3.05, 3.63) is 39.6 Å². The van der Waals surface area contributed by atoms with Gasteiger partial charge in [0.2, 0.25) is 0 Å². The van der Waals surface area contributed by atoms with Gasteiger partial charge in [0.15, 0.2) is 0 Å². The topological polar surface area (TPSA) is 24.8 Å². The van der Waals surface area contributed by atoms with Crippen LogP contribution in [0.2, 0.25) is 0 Å². The predicted octanol–water partition coefficient (Wildman–Crippen LogP) is 5.52. The van der Waals surface area contributed by atoms with Crippen LogP contribution in [0, 0.1) is 13.8 Å². The molecule has 2 rings (SSSR count). The summed E-state index contributed by atoms with van der Waals surface area (Å²) in [6, 6.07) is 6.65. The first-order valence-corrected chi connectivity index (χ1v) is 9.16. The van der Waals surface area contributed by atoms with Crippen LogP contribution in [0.3, 0.4) is 0 Å². The number of nitrogens with zero attached hydrogens (tertiary/aromatic N) is 2. The largest absolute Gasteiger partial charge is 0.373 e. The van der Waals surface area contributed by atoms with Gasteiger partial charge in [-0.15, -0.1) is 11.3 Å². The van der Waals surface area contributed by atoms with Crippen LogP contribution in [0.15, 0.2) is 28.6 Å². The fourth-order valence-electron chi connectivity index (χ4n) is 2.39. The molecule has 0 radical (unpaired) electrons. The highest BCUT2D eigenvalue weighted by Gasteiger charge is 2.22. The third kappa shape index (κ3) is 4.05. The van der Waals surface area contributed by atoms with E-state index in [2.05, 4.69) is 68.1 Å². The Kier molecular flexibility index (Phi) is 5.83. The van der Waals surface area contributed by atoms with E-state index in [1.165, 1.54) is 27.1 Å². The lowest BCUT2D eigenvalue weighted by atomic mass is 9.97. The first-order valence-electron chi connectivity index (χ1n) is 8.28. The Hall–Kier alpha value is -1.65. The lowest BCUT2D eigenvalue weighted by Crippen LogP contribution is -2.17. The number of hydrogen-bond acceptors (Lipinski definition) is 3. The number of methoxy groups -OCH3 is 1. The summed E-state index contributed by atoms with van der Waals surface area (Å²) in [5, 5.41) is 2.21. The molecule has 0 N–H and O–H groups in total. The molecule has 0 saturated carbocycles. The van der Waals surface area contributed by atoms with Crippen molar-refractivity contribution in [2.24, 2.45) is 4.99 Å². The SMILES string of the molecule is CCN(C)/C=N/c1cc(C)c(-c2csc(C(C)(C)OC)c2)cc1C. The zero-order valence-corrected chi connectivity index (χ0v) is 16.6. The fraction of sp³-hybridized carbons (Fsp3) is 0.450. The van der Waals surface area contributed by atoms with Gasteiger partial charge in [0, 0.05) is 25.6 Å². The van der Waals surface area contributed by atoms with Crippen molar-refractivity contribution in [1.29, 1.82) is 0 Å². The zero-order valence-electron chi connectivity index (χ0n) is 15.8. The van der Waals surface area contributed by atoms with Crippen LogP contribution in [0.25, 0.3) is 11.1 Å². The summed E-state index contributed by atoms with van der Waals surface area (Å²) >= 11 is 1.75. The van der Waals surface area contributed by atoms with Gasteiger partial charge in [0.05, 0.1) is 17.6 Å². The lowest BCUT2D eigenvalue weighted by molar-refractivity contribution is 0.0224. The maximum atomic E-state index is 5.60. The predicted molar refractivity (Wildman–Crippen MR) is 106 cm³/mol. The maximum Gasteiger partial charge on any atom is 0.0963 e. The van der Waals surface area contributed by atoms with Crippen LogP contribution < -0.4 is 0 Å². The molecule has 4 heteroatoms. The van der Waals surface area contributed by atoms with E-state index in [-0.39, 0.29) is 5.60 Å². The van der Waals surface area contributed by atoms with Gasteiger partial charge in [0.1, 0.15) is 0 Å². The third-order valence-electron chi connectivity index (χ3n) is 4.45. The number of benzene rings is 1. The average molecular weight is 345 g/mol. The monoisotopic (exact) mass is 344 g/mol. The van der Waals surface area contributed by atoms with Gasteiger partial charge in [-0.05, 0) is 80.5 Å². The van der Waals surface area contributed by atoms with Crippen molar-refractivity contribution >= 4 is 23.4 Å². The van der Waals surface area contributed by atoms with Crippen molar-refractivity contribution < 1.29 is 4.74 Å². The summed E-state index contributed by atoms with van der Waals surface area (Å²) in [6.07, 6.45) is 1.89. The van der Waals surface area contributed by atoms with Gasteiger partial charge in [-0.2, -0.15) is 0 Å². The second kappa shape index (κ2) is 7.49. The molecule has 130 valence electrons. The first-order chi connectivity index (χ1) is 11.3. The molecule has 0 unspecified atom stereocenters. The van der Waals surface area contributed by atoms with Gasteiger partial charge in [-0.25, -0.2) is 4.99 Å². The van der Waals surface area contributed by atoms with Crippen molar-refractivity contribution in [1.82, 2.24) is 4.90 Å². The molecule has 0 aliphatic heterocycles. The molecule has 0 aliphatic rings. The molecule has 3 nitrogen and oxygen atoms in total. The Labute approximate surface area is 150 Å². The summed E-state index contributed by atoms with van der Waals surface area (Å²) in [4.78, 5) is 7.92. The van der Waals surface area contributed by atoms with Crippen molar-refractivity contribution in [2.75, 3.05) is 20.7 Å². The Morgan fingerprint density at radius 2 is 1.92 bits per heavy atom. The van der Waals surface area contributed by atoms with Crippen LogP contribution in [-0.4, -0.2) is 31.9 Å². The number of aryl methyl sites for hydroxylation is 2. The summed E-state index contributed by atoms with van der Waals surface area (Å²) in [7, 11) is 3.79. The van der Waals surface area contributed by atoms with E-state index in [0.29, 0.717) is 0 Å². The highest BCUT2D eigenvalue weighted by Crippen LogP contribution is 2.37. The minimum atomic E-state index is -0.249. The van der Waals surface area contributed by atoms with Crippen LogP contribution >= 0.6 is 11.3 Å². The summed E-state index contributed by atoms with van der Waals surface area (Å²) < 4.78 is 5.60. The summed E-state index contributed by atoms with van der Waals surface area (Å²) in [5.74, 6) is 0. The van der Waals surface area contributed by atoms with Gasteiger partial charge in [-0.3, -0.25) is 0 Å². The van der Waals surface area contributed by atoms with Gasteiger partial charge >= 0.3 is 0 Å². The van der Waals surface area contributed by atoms with E-state index >= 15 is 0 Å². The molecule has 0 amide bonds.